The molecule has 2 aromatic heterocycles. The molecular weight excluding hydrogens is 352 g/mol. The van der Waals surface area contributed by atoms with Crippen LogP contribution in [-0.2, 0) is 18.4 Å². The third kappa shape index (κ3) is 4.66. The minimum absolute atomic E-state index is 0.0518. The molecule has 144 valence electrons. The molecule has 0 amide bonds. The second-order valence-corrected chi connectivity index (χ2v) is 7.98. The first kappa shape index (κ1) is 20.5. The van der Waals surface area contributed by atoms with Gasteiger partial charge in [0.25, 0.3) is 5.56 Å². The molecular formula is C18H28N4O3S. The SMILES string of the molecule is CCCCCCCCn1c(S[C@@H](C)C(C)=O)nc2c1c(=O)[nH]c(=O)n2C. The Morgan fingerprint density at radius 1 is 1.19 bits per heavy atom. The lowest BCUT2D eigenvalue weighted by atomic mass is 10.1. The maximum Gasteiger partial charge on any atom is 0.329 e. The summed E-state index contributed by atoms with van der Waals surface area (Å²) in [7, 11) is 1.59. The van der Waals surface area contributed by atoms with Crippen molar-refractivity contribution < 1.29 is 4.79 Å². The van der Waals surface area contributed by atoms with E-state index in [9.17, 15) is 14.4 Å². The van der Waals surface area contributed by atoms with E-state index in [0.29, 0.717) is 22.9 Å². The van der Waals surface area contributed by atoms with Crippen LogP contribution in [0.1, 0.15) is 59.3 Å². The van der Waals surface area contributed by atoms with Crippen LogP contribution in [-0.4, -0.2) is 30.1 Å². The summed E-state index contributed by atoms with van der Waals surface area (Å²) in [6.07, 6.45) is 6.85. The normalized spacial score (nSPS) is 12.6. The van der Waals surface area contributed by atoms with Crippen molar-refractivity contribution in [1.82, 2.24) is 19.1 Å². The summed E-state index contributed by atoms with van der Waals surface area (Å²) in [5.41, 5.74) is -0.145. The first-order chi connectivity index (χ1) is 12.4. The average molecular weight is 381 g/mol. The van der Waals surface area contributed by atoms with Crippen LogP contribution in [0.25, 0.3) is 11.2 Å². The molecule has 2 aromatic rings. The molecule has 0 aromatic carbocycles. The largest absolute Gasteiger partial charge is 0.329 e. The van der Waals surface area contributed by atoms with Gasteiger partial charge in [0, 0.05) is 13.6 Å². The van der Waals surface area contributed by atoms with E-state index in [4.69, 9.17) is 0 Å². The van der Waals surface area contributed by atoms with Gasteiger partial charge in [0.15, 0.2) is 16.3 Å². The fraction of sp³-hybridized carbons (Fsp3) is 0.667. The molecule has 2 heterocycles. The average Bonchev–Trinajstić information content (AvgIpc) is 2.94. The lowest BCUT2D eigenvalue weighted by molar-refractivity contribution is -0.116. The van der Waals surface area contributed by atoms with Crippen molar-refractivity contribution >= 4 is 28.7 Å². The molecule has 0 fully saturated rings. The highest BCUT2D eigenvalue weighted by molar-refractivity contribution is 8.00. The summed E-state index contributed by atoms with van der Waals surface area (Å²) >= 11 is 1.33. The molecule has 0 aliphatic carbocycles. The molecule has 8 heteroatoms. The van der Waals surface area contributed by atoms with Gasteiger partial charge in [0.05, 0.1) is 5.25 Å². The molecule has 26 heavy (non-hydrogen) atoms. The Kier molecular flexibility index (Phi) is 7.25. The van der Waals surface area contributed by atoms with Crippen molar-refractivity contribution in [3.05, 3.63) is 20.8 Å². The molecule has 1 atom stereocenters. The second kappa shape index (κ2) is 9.21. The Labute approximate surface area is 157 Å². The van der Waals surface area contributed by atoms with E-state index < -0.39 is 11.2 Å². The quantitative estimate of drug-likeness (QED) is 0.506. The summed E-state index contributed by atoms with van der Waals surface area (Å²) in [5.74, 6) is 0.0518. The van der Waals surface area contributed by atoms with Crippen LogP contribution in [0.2, 0.25) is 0 Å². The Morgan fingerprint density at radius 2 is 1.85 bits per heavy atom. The number of thioether (sulfide) groups is 1. The number of nitrogens with zero attached hydrogens (tertiary/aromatic N) is 3. The predicted octanol–water partition coefficient (Wildman–Crippen LogP) is 2.85. The van der Waals surface area contributed by atoms with Gasteiger partial charge in [0.1, 0.15) is 5.78 Å². The van der Waals surface area contributed by atoms with Crippen LogP contribution in [0.3, 0.4) is 0 Å². The number of imidazole rings is 1. The molecule has 7 nitrogen and oxygen atoms in total. The highest BCUT2D eigenvalue weighted by atomic mass is 32.2. The minimum Gasteiger partial charge on any atom is -0.313 e. The number of rotatable bonds is 10. The van der Waals surface area contributed by atoms with Gasteiger partial charge in [0.2, 0.25) is 0 Å². The molecule has 0 saturated heterocycles. The van der Waals surface area contributed by atoms with Gasteiger partial charge in [-0.1, -0.05) is 50.8 Å². The highest BCUT2D eigenvalue weighted by Crippen LogP contribution is 2.26. The minimum atomic E-state index is -0.483. The topological polar surface area (TPSA) is 89.8 Å². The van der Waals surface area contributed by atoms with Crippen molar-refractivity contribution in [2.24, 2.45) is 7.05 Å². The van der Waals surface area contributed by atoms with Crippen molar-refractivity contribution in [2.45, 2.75) is 76.2 Å². The highest BCUT2D eigenvalue weighted by Gasteiger charge is 2.20. The summed E-state index contributed by atoms with van der Waals surface area (Å²) in [6, 6.07) is 0. The number of ketones is 1. The lowest BCUT2D eigenvalue weighted by Gasteiger charge is -2.10. The molecule has 0 aliphatic heterocycles. The Morgan fingerprint density at radius 3 is 2.50 bits per heavy atom. The zero-order chi connectivity index (χ0) is 19.3. The fourth-order valence-corrected chi connectivity index (χ4v) is 3.73. The van der Waals surface area contributed by atoms with E-state index >= 15 is 0 Å². The molecule has 0 bridgehead atoms. The predicted molar refractivity (Wildman–Crippen MR) is 105 cm³/mol. The number of carbonyl (C=O) groups excluding carboxylic acids is 1. The maximum atomic E-state index is 12.4. The van der Waals surface area contributed by atoms with Gasteiger partial charge in [-0.05, 0) is 20.3 Å². The van der Waals surface area contributed by atoms with Crippen molar-refractivity contribution in [2.75, 3.05) is 0 Å². The Hall–Kier alpha value is -1.83. The van der Waals surface area contributed by atoms with Gasteiger partial charge in [-0.25, -0.2) is 9.78 Å². The lowest BCUT2D eigenvalue weighted by Crippen LogP contribution is -2.29. The van der Waals surface area contributed by atoms with Crippen LogP contribution in [0.15, 0.2) is 14.7 Å². The summed E-state index contributed by atoms with van der Waals surface area (Å²) in [5, 5.41) is 0.356. The second-order valence-electron chi connectivity index (χ2n) is 6.68. The number of aromatic nitrogens is 4. The smallest absolute Gasteiger partial charge is 0.313 e. The number of fused-ring (bicyclic) bond motifs is 1. The maximum absolute atomic E-state index is 12.4. The number of H-pyrrole nitrogens is 1. The van der Waals surface area contributed by atoms with Crippen molar-refractivity contribution in [3.8, 4) is 0 Å². The van der Waals surface area contributed by atoms with Crippen molar-refractivity contribution in [3.63, 3.8) is 0 Å². The number of aromatic amines is 1. The molecule has 0 spiro atoms. The number of carbonyl (C=O) groups is 1. The monoisotopic (exact) mass is 380 g/mol. The number of unbranched alkanes of at least 4 members (excludes halogenated alkanes) is 5. The molecule has 0 aliphatic rings. The molecule has 1 N–H and O–H groups in total. The Balaban J connectivity index is 2.34. The van der Waals surface area contributed by atoms with Gasteiger partial charge in [-0.3, -0.25) is 19.1 Å². The summed E-state index contributed by atoms with van der Waals surface area (Å²) in [4.78, 5) is 42.7. The zero-order valence-electron chi connectivity index (χ0n) is 16.0. The van der Waals surface area contributed by atoms with E-state index in [2.05, 4.69) is 16.9 Å². The first-order valence-electron chi connectivity index (χ1n) is 9.23. The molecule has 0 unspecified atom stereocenters. The van der Waals surface area contributed by atoms with Gasteiger partial charge in [-0.2, -0.15) is 0 Å². The van der Waals surface area contributed by atoms with E-state index in [-0.39, 0.29) is 11.0 Å². The van der Waals surface area contributed by atoms with E-state index in [1.54, 1.807) is 14.0 Å². The van der Waals surface area contributed by atoms with Crippen LogP contribution >= 0.6 is 11.8 Å². The van der Waals surface area contributed by atoms with Crippen LogP contribution in [0.5, 0.6) is 0 Å². The van der Waals surface area contributed by atoms with Gasteiger partial charge < -0.3 is 4.57 Å². The van der Waals surface area contributed by atoms with E-state index in [1.807, 2.05) is 11.5 Å². The standard InChI is InChI=1S/C18H28N4O3S/c1-5-6-7-8-9-10-11-22-14-15(21(4)17(25)20-16(14)24)19-18(22)26-13(3)12(2)23/h13H,5-11H2,1-4H3,(H,20,24,25)/t13-/m0/s1. The first-order valence-corrected chi connectivity index (χ1v) is 10.1. The Bertz CT molecular complexity index is 881. The number of hydrogen-bond donors (Lipinski definition) is 1. The number of Topliss-reactive ketones (excluding diaryl/α,β-unsaturated/α-hetero) is 1. The molecule has 2 rings (SSSR count). The van der Waals surface area contributed by atoms with Crippen LogP contribution < -0.4 is 11.2 Å². The van der Waals surface area contributed by atoms with E-state index in [0.717, 1.165) is 12.8 Å². The number of aryl methyl sites for hydroxylation is 2. The van der Waals surface area contributed by atoms with E-state index in [1.165, 1.54) is 42.0 Å². The third-order valence-electron chi connectivity index (χ3n) is 4.56. The zero-order valence-corrected chi connectivity index (χ0v) is 16.8. The summed E-state index contributed by atoms with van der Waals surface area (Å²) < 4.78 is 3.20. The van der Waals surface area contributed by atoms with Crippen molar-refractivity contribution in [1.29, 1.82) is 0 Å². The molecule has 0 saturated carbocycles. The fourth-order valence-electron chi connectivity index (χ4n) is 2.80. The number of hydrogen-bond acceptors (Lipinski definition) is 5. The van der Waals surface area contributed by atoms with Gasteiger partial charge in [-0.15, -0.1) is 0 Å². The number of nitrogens with one attached hydrogen (secondary N) is 1. The summed E-state index contributed by atoms with van der Waals surface area (Å²) in [6.45, 7) is 6.20. The van der Waals surface area contributed by atoms with Gasteiger partial charge >= 0.3 is 5.69 Å². The van der Waals surface area contributed by atoms with Crippen LogP contribution in [0, 0.1) is 0 Å². The van der Waals surface area contributed by atoms with Crippen LogP contribution in [0.4, 0.5) is 0 Å². The third-order valence-corrected chi connectivity index (χ3v) is 5.77. The molecule has 0 radical (unpaired) electrons.